The lowest BCUT2D eigenvalue weighted by Crippen LogP contribution is -2.21. The summed E-state index contributed by atoms with van der Waals surface area (Å²) in [6, 6.07) is 18.1. The smallest absolute Gasteiger partial charge is 0.244 e. The van der Waals surface area contributed by atoms with E-state index >= 15 is 0 Å². The highest BCUT2D eigenvalue weighted by atomic mass is 127. The van der Waals surface area contributed by atoms with Crippen molar-refractivity contribution in [1.29, 1.82) is 5.26 Å². The van der Waals surface area contributed by atoms with E-state index in [-0.39, 0.29) is 11.8 Å². The van der Waals surface area contributed by atoms with Crippen LogP contribution in [0.15, 0.2) is 60.0 Å². The third-order valence-electron chi connectivity index (χ3n) is 4.66. The SMILES string of the molecule is Cc1[nH]nc2c1[C@@H](c1ccc(OCc3ccc(I)cc3)cc1)C(C#N)=C(N)O2. The van der Waals surface area contributed by atoms with Crippen LogP contribution in [0.1, 0.15) is 28.3 Å². The molecule has 0 bridgehead atoms. The molecule has 0 saturated heterocycles. The number of benzene rings is 2. The monoisotopic (exact) mass is 484 g/mol. The summed E-state index contributed by atoms with van der Waals surface area (Å²) < 4.78 is 12.6. The molecule has 1 aliphatic rings. The van der Waals surface area contributed by atoms with Gasteiger partial charge >= 0.3 is 0 Å². The van der Waals surface area contributed by atoms with Gasteiger partial charge in [0.2, 0.25) is 11.8 Å². The van der Waals surface area contributed by atoms with Crippen LogP contribution in [0.25, 0.3) is 0 Å². The molecule has 3 aromatic rings. The molecule has 6 nitrogen and oxygen atoms in total. The normalized spacial score (nSPS) is 15.5. The van der Waals surface area contributed by atoms with Gasteiger partial charge in [-0.1, -0.05) is 24.3 Å². The highest BCUT2D eigenvalue weighted by Crippen LogP contribution is 2.42. The molecule has 0 saturated carbocycles. The predicted octanol–water partition coefficient (Wildman–Crippen LogP) is 4.12. The van der Waals surface area contributed by atoms with E-state index in [4.69, 9.17) is 15.2 Å². The Hall–Kier alpha value is -2.99. The Kier molecular flexibility index (Phi) is 4.96. The molecule has 0 aliphatic carbocycles. The summed E-state index contributed by atoms with van der Waals surface area (Å²) in [5.74, 6) is 0.940. The molecule has 7 heteroatoms. The second-order valence-corrected chi connectivity index (χ2v) is 7.72. The fourth-order valence-electron chi connectivity index (χ4n) is 3.24. The summed E-state index contributed by atoms with van der Waals surface area (Å²) >= 11 is 2.28. The van der Waals surface area contributed by atoms with E-state index in [1.165, 1.54) is 3.57 Å². The van der Waals surface area contributed by atoms with Crippen LogP contribution < -0.4 is 15.2 Å². The third kappa shape index (κ3) is 3.43. The van der Waals surface area contributed by atoms with Gasteiger partial charge in [-0.25, -0.2) is 0 Å². The van der Waals surface area contributed by atoms with Crippen LogP contribution in [0.3, 0.4) is 0 Å². The first-order chi connectivity index (χ1) is 13.6. The molecule has 28 heavy (non-hydrogen) atoms. The Morgan fingerprint density at radius 2 is 1.93 bits per heavy atom. The van der Waals surface area contributed by atoms with Crippen LogP contribution >= 0.6 is 22.6 Å². The second-order valence-electron chi connectivity index (χ2n) is 6.48. The molecule has 4 rings (SSSR count). The van der Waals surface area contributed by atoms with Gasteiger partial charge in [-0.05, 0) is 64.9 Å². The van der Waals surface area contributed by atoms with Crippen molar-refractivity contribution in [2.24, 2.45) is 5.73 Å². The number of fused-ring (bicyclic) bond motifs is 1. The Balaban J connectivity index is 1.58. The van der Waals surface area contributed by atoms with Crippen LogP contribution in [0.4, 0.5) is 0 Å². The minimum Gasteiger partial charge on any atom is -0.489 e. The van der Waals surface area contributed by atoms with Crippen LogP contribution in [-0.4, -0.2) is 10.2 Å². The van der Waals surface area contributed by atoms with Crippen molar-refractivity contribution < 1.29 is 9.47 Å². The van der Waals surface area contributed by atoms with Crippen molar-refractivity contribution in [2.45, 2.75) is 19.4 Å². The number of halogens is 1. The number of aromatic amines is 1. The minimum absolute atomic E-state index is 0.0885. The number of aryl methyl sites for hydroxylation is 1. The lowest BCUT2D eigenvalue weighted by molar-refractivity contribution is 0.306. The van der Waals surface area contributed by atoms with Gasteiger partial charge in [-0.2, -0.15) is 5.26 Å². The number of H-pyrrole nitrogens is 1. The maximum Gasteiger partial charge on any atom is 0.244 e. The topological polar surface area (TPSA) is 97.0 Å². The number of nitrogens with two attached hydrogens (primary N) is 1. The zero-order valence-electron chi connectivity index (χ0n) is 15.1. The van der Waals surface area contributed by atoms with Crippen LogP contribution in [0.2, 0.25) is 0 Å². The number of allylic oxidation sites excluding steroid dienone is 1. The number of nitrogens with one attached hydrogen (secondary N) is 1. The first kappa shape index (κ1) is 18.4. The zero-order valence-corrected chi connectivity index (χ0v) is 17.2. The molecule has 0 fully saturated rings. The fourth-order valence-corrected chi connectivity index (χ4v) is 3.60. The van der Waals surface area contributed by atoms with Crippen molar-refractivity contribution in [1.82, 2.24) is 10.2 Å². The van der Waals surface area contributed by atoms with E-state index in [1.54, 1.807) is 0 Å². The molecule has 2 heterocycles. The van der Waals surface area contributed by atoms with Crippen molar-refractivity contribution >= 4 is 22.6 Å². The highest BCUT2D eigenvalue weighted by molar-refractivity contribution is 14.1. The van der Waals surface area contributed by atoms with Gasteiger partial charge in [0.05, 0.1) is 5.92 Å². The van der Waals surface area contributed by atoms with Crippen LogP contribution in [0.5, 0.6) is 11.6 Å². The van der Waals surface area contributed by atoms with E-state index in [2.05, 4.69) is 51.0 Å². The molecule has 0 radical (unpaired) electrons. The van der Waals surface area contributed by atoms with Crippen molar-refractivity contribution in [3.8, 4) is 17.7 Å². The van der Waals surface area contributed by atoms with E-state index in [0.717, 1.165) is 28.1 Å². The summed E-state index contributed by atoms with van der Waals surface area (Å²) in [7, 11) is 0. The number of hydrogen-bond donors (Lipinski definition) is 2. The summed E-state index contributed by atoms with van der Waals surface area (Å²) in [6.07, 6.45) is 0. The number of nitrogens with zero attached hydrogens (tertiary/aromatic N) is 2. The average molecular weight is 484 g/mol. The first-order valence-corrected chi connectivity index (χ1v) is 9.74. The van der Waals surface area contributed by atoms with Gasteiger partial charge in [0.1, 0.15) is 24.0 Å². The van der Waals surface area contributed by atoms with Crippen LogP contribution in [-0.2, 0) is 6.61 Å². The first-order valence-electron chi connectivity index (χ1n) is 8.66. The lowest BCUT2D eigenvalue weighted by atomic mass is 9.84. The van der Waals surface area contributed by atoms with Crippen molar-refractivity contribution in [3.05, 3.63) is 85.9 Å². The summed E-state index contributed by atoms with van der Waals surface area (Å²) in [4.78, 5) is 0. The molecule has 140 valence electrons. The molecule has 1 aliphatic heterocycles. The molecule has 0 amide bonds. The Bertz CT molecular complexity index is 1080. The van der Waals surface area contributed by atoms with Crippen LogP contribution in [0, 0.1) is 21.8 Å². The van der Waals surface area contributed by atoms with Gasteiger partial charge in [-0.3, -0.25) is 5.10 Å². The molecule has 1 atom stereocenters. The van der Waals surface area contributed by atoms with Gasteiger partial charge in [0.15, 0.2) is 0 Å². The minimum atomic E-state index is -0.322. The third-order valence-corrected chi connectivity index (χ3v) is 5.38. The quantitative estimate of drug-likeness (QED) is 0.544. The lowest BCUT2D eigenvalue weighted by Gasteiger charge is -2.23. The van der Waals surface area contributed by atoms with Crippen molar-refractivity contribution in [2.75, 3.05) is 0 Å². The van der Waals surface area contributed by atoms with Gasteiger partial charge in [-0.15, -0.1) is 5.10 Å². The van der Waals surface area contributed by atoms with E-state index < -0.39 is 0 Å². The maximum absolute atomic E-state index is 9.61. The zero-order chi connectivity index (χ0) is 19.7. The molecule has 3 N–H and O–H groups in total. The number of hydrogen-bond acceptors (Lipinski definition) is 5. The van der Waals surface area contributed by atoms with E-state index in [9.17, 15) is 5.26 Å². The largest absolute Gasteiger partial charge is 0.489 e. The van der Waals surface area contributed by atoms with Crippen molar-refractivity contribution in [3.63, 3.8) is 0 Å². The second kappa shape index (κ2) is 7.56. The van der Waals surface area contributed by atoms with E-state index in [1.807, 2.05) is 43.3 Å². The number of aromatic nitrogens is 2. The Morgan fingerprint density at radius 3 is 2.61 bits per heavy atom. The molecule has 1 aromatic heterocycles. The summed E-state index contributed by atoms with van der Waals surface area (Å²) in [5.41, 5.74) is 10.0. The molecule has 2 aromatic carbocycles. The Morgan fingerprint density at radius 1 is 1.21 bits per heavy atom. The summed E-state index contributed by atoms with van der Waals surface area (Å²) in [5, 5.41) is 16.7. The van der Waals surface area contributed by atoms with Gasteiger partial charge in [0, 0.05) is 14.8 Å². The number of ether oxygens (including phenoxy) is 2. The van der Waals surface area contributed by atoms with Gasteiger partial charge in [0.25, 0.3) is 0 Å². The standard InChI is InChI=1S/C21H17IN4O2/c1-12-18-19(17(10-23)20(24)28-21(18)26-25-12)14-4-8-16(9-5-14)27-11-13-2-6-15(22)7-3-13/h2-9,19H,11,24H2,1H3,(H,25,26)/t19-/m0/s1. The highest BCUT2D eigenvalue weighted by Gasteiger charge is 2.34. The summed E-state index contributed by atoms with van der Waals surface area (Å²) in [6.45, 7) is 2.39. The Labute approximate surface area is 176 Å². The molecular weight excluding hydrogens is 467 g/mol. The predicted molar refractivity (Wildman–Crippen MR) is 113 cm³/mol. The molecule has 0 spiro atoms. The maximum atomic E-state index is 9.61. The number of rotatable bonds is 4. The molecule has 0 unspecified atom stereocenters. The average Bonchev–Trinajstić information content (AvgIpc) is 3.07. The fraction of sp³-hybridized carbons (Fsp3) is 0.143. The van der Waals surface area contributed by atoms with Gasteiger partial charge < -0.3 is 15.2 Å². The van der Waals surface area contributed by atoms with E-state index in [0.29, 0.717) is 18.1 Å². The number of nitriles is 1. The molecular formula is C21H17IN4O2.